The van der Waals surface area contributed by atoms with Crippen molar-refractivity contribution in [3.05, 3.63) is 95.1 Å². The third-order valence-electron chi connectivity index (χ3n) is 10.7. The fraction of sp³-hybridized carbons (Fsp3) is 0.333. The van der Waals surface area contributed by atoms with Gasteiger partial charge >= 0.3 is 0 Å². The molecular formula is C33H26N2O4. The van der Waals surface area contributed by atoms with Crippen LogP contribution in [0, 0.1) is 35.5 Å². The lowest BCUT2D eigenvalue weighted by Gasteiger charge is -2.45. The molecule has 2 heterocycles. The molecule has 2 aliphatic heterocycles. The molecule has 4 bridgehead atoms. The number of imide groups is 2. The van der Waals surface area contributed by atoms with Crippen LogP contribution in [-0.2, 0) is 19.2 Å². The monoisotopic (exact) mass is 514 g/mol. The Bertz CT molecular complexity index is 1500. The highest BCUT2D eigenvalue weighted by Crippen LogP contribution is 2.61. The molecule has 3 aromatic carbocycles. The van der Waals surface area contributed by atoms with E-state index in [9.17, 15) is 19.2 Å². The van der Waals surface area contributed by atoms with Gasteiger partial charge in [0, 0.05) is 11.8 Å². The van der Waals surface area contributed by atoms with Crippen LogP contribution in [0.1, 0.15) is 53.4 Å². The molecule has 2 saturated carbocycles. The number of nitrogens with zero attached hydrogens (tertiary/aromatic N) is 2. The number of carbonyl (C=O) groups excluding carboxylic acids is 4. The van der Waals surface area contributed by atoms with E-state index in [1.807, 2.05) is 24.3 Å². The second-order valence-electron chi connectivity index (χ2n) is 12.2. The zero-order valence-corrected chi connectivity index (χ0v) is 21.2. The van der Waals surface area contributed by atoms with E-state index in [1.54, 1.807) is 24.3 Å². The van der Waals surface area contributed by atoms with Crippen LogP contribution in [-0.4, -0.2) is 23.6 Å². The van der Waals surface area contributed by atoms with Crippen molar-refractivity contribution >= 4 is 35.0 Å². The number of carbonyl (C=O) groups is 4. The van der Waals surface area contributed by atoms with Crippen LogP contribution in [0.25, 0.3) is 0 Å². The highest BCUT2D eigenvalue weighted by atomic mass is 16.2. The average molecular weight is 515 g/mol. The minimum Gasteiger partial charge on any atom is -0.274 e. The fourth-order valence-electron chi connectivity index (χ4n) is 9.35. The predicted molar refractivity (Wildman–Crippen MR) is 143 cm³/mol. The summed E-state index contributed by atoms with van der Waals surface area (Å²) in [6.45, 7) is 0. The molecule has 7 aliphatic rings. The summed E-state index contributed by atoms with van der Waals surface area (Å²) >= 11 is 0. The van der Waals surface area contributed by atoms with Crippen molar-refractivity contribution in [2.45, 2.75) is 31.1 Å². The van der Waals surface area contributed by atoms with Crippen LogP contribution in [0.4, 0.5) is 11.4 Å². The Hall–Kier alpha value is -4.06. The van der Waals surface area contributed by atoms with Crippen LogP contribution in [0.5, 0.6) is 0 Å². The number of fused-ring (bicyclic) bond motifs is 5. The highest BCUT2D eigenvalue weighted by molar-refractivity contribution is 6.24. The molecule has 0 unspecified atom stereocenters. The number of benzene rings is 3. The molecule has 2 saturated heterocycles. The van der Waals surface area contributed by atoms with Gasteiger partial charge in [0.05, 0.1) is 35.0 Å². The van der Waals surface area contributed by atoms with Gasteiger partial charge in [-0.25, -0.2) is 4.90 Å². The van der Waals surface area contributed by atoms with Crippen molar-refractivity contribution in [1.29, 1.82) is 0 Å². The third kappa shape index (κ3) is 2.53. The molecule has 5 aliphatic carbocycles. The molecule has 10 rings (SSSR count). The van der Waals surface area contributed by atoms with Crippen LogP contribution in [0.2, 0.25) is 0 Å². The number of anilines is 2. The van der Waals surface area contributed by atoms with E-state index < -0.39 is 11.8 Å². The molecule has 0 aromatic heterocycles. The normalized spacial score (nSPS) is 35.0. The first kappa shape index (κ1) is 21.8. The van der Waals surface area contributed by atoms with Gasteiger partial charge in [-0.3, -0.25) is 24.1 Å². The van der Waals surface area contributed by atoms with Gasteiger partial charge in [0.15, 0.2) is 0 Å². The first-order valence-electron chi connectivity index (χ1n) is 14.1. The van der Waals surface area contributed by atoms with Crippen LogP contribution in [0.15, 0.2) is 72.8 Å². The van der Waals surface area contributed by atoms with Crippen LogP contribution >= 0.6 is 0 Å². The van der Waals surface area contributed by atoms with Crippen LogP contribution < -0.4 is 9.80 Å². The Kier molecular flexibility index (Phi) is 4.10. The topological polar surface area (TPSA) is 74.8 Å². The van der Waals surface area contributed by atoms with Gasteiger partial charge in [-0.05, 0) is 77.6 Å². The van der Waals surface area contributed by atoms with E-state index >= 15 is 0 Å². The SMILES string of the molecule is O=C1[C@@H]2[C@H]3CC[C@@H](C3)[C@@H]2C(=O)N1c1ccc(N2C(=O)[C@H]3C4c5ccccc5C(c5ccccc54)[C@@H]3C2=O)cc1. The quantitative estimate of drug-likeness (QED) is 0.468. The van der Waals surface area contributed by atoms with E-state index in [-0.39, 0.29) is 47.3 Å². The number of rotatable bonds is 2. The second kappa shape index (κ2) is 7.32. The third-order valence-corrected chi connectivity index (χ3v) is 10.7. The minimum atomic E-state index is -0.441. The van der Waals surface area contributed by atoms with E-state index in [0.29, 0.717) is 23.2 Å². The lowest BCUT2D eigenvalue weighted by atomic mass is 9.55. The Morgan fingerprint density at radius 2 is 0.795 bits per heavy atom. The van der Waals surface area contributed by atoms with E-state index in [1.165, 1.54) is 9.80 Å². The van der Waals surface area contributed by atoms with Crippen molar-refractivity contribution in [2.24, 2.45) is 35.5 Å². The second-order valence-corrected chi connectivity index (χ2v) is 12.2. The van der Waals surface area contributed by atoms with Gasteiger partial charge < -0.3 is 0 Å². The maximum Gasteiger partial charge on any atom is 0.238 e. The number of hydrogen-bond donors (Lipinski definition) is 0. The Balaban J connectivity index is 1.07. The Morgan fingerprint density at radius 3 is 1.15 bits per heavy atom. The molecule has 0 N–H and O–H groups in total. The summed E-state index contributed by atoms with van der Waals surface area (Å²) in [6, 6.07) is 23.3. The molecule has 3 aromatic rings. The van der Waals surface area contributed by atoms with Crippen molar-refractivity contribution < 1.29 is 19.2 Å². The van der Waals surface area contributed by atoms with Gasteiger partial charge in [-0.1, -0.05) is 48.5 Å². The van der Waals surface area contributed by atoms with E-state index in [2.05, 4.69) is 24.3 Å². The molecule has 4 fully saturated rings. The summed E-state index contributed by atoms with van der Waals surface area (Å²) in [7, 11) is 0. The van der Waals surface area contributed by atoms with Crippen molar-refractivity contribution in [3.63, 3.8) is 0 Å². The number of amides is 4. The molecule has 0 spiro atoms. The standard InChI is InChI=1S/C33H26N2O4/c36-30-24-16-9-10-17(15-16)25(24)31(37)34(30)18-11-13-19(14-12-18)35-32(38)28-26-20-5-1-2-6-21(20)27(29(28)33(35)39)23-8-4-3-7-22(23)26/h1-8,11-14,16-17,24-29H,9-10,15H2/t16-,17-,24-,25+,26?,27?,28-,29-/m0/s1. The van der Waals surface area contributed by atoms with Crippen molar-refractivity contribution in [3.8, 4) is 0 Å². The minimum absolute atomic E-state index is 0.0867. The Labute approximate surface area is 225 Å². The first-order valence-corrected chi connectivity index (χ1v) is 14.1. The Morgan fingerprint density at radius 1 is 0.462 bits per heavy atom. The van der Waals surface area contributed by atoms with E-state index in [0.717, 1.165) is 41.5 Å². The summed E-state index contributed by atoms with van der Waals surface area (Å²) in [4.78, 5) is 57.3. The molecular weight excluding hydrogens is 488 g/mol. The van der Waals surface area contributed by atoms with E-state index in [4.69, 9.17) is 0 Å². The molecule has 6 nitrogen and oxygen atoms in total. The number of hydrogen-bond acceptors (Lipinski definition) is 4. The lowest BCUT2D eigenvalue weighted by molar-refractivity contribution is -0.124. The molecule has 39 heavy (non-hydrogen) atoms. The maximum atomic E-state index is 14.0. The van der Waals surface area contributed by atoms with Gasteiger partial charge in [0.25, 0.3) is 0 Å². The zero-order valence-electron chi connectivity index (χ0n) is 21.2. The zero-order chi connectivity index (χ0) is 26.2. The molecule has 6 heteroatoms. The highest BCUT2D eigenvalue weighted by Gasteiger charge is 2.63. The molecule has 4 amide bonds. The summed E-state index contributed by atoms with van der Waals surface area (Å²) in [6.07, 6.45) is 3.07. The molecule has 192 valence electrons. The smallest absolute Gasteiger partial charge is 0.238 e. The largest absolute Gasteiger partial charge is 0.274 e. The summed E-state index contributed by atoms with van der Waals surface area (Å²) < 4.78 is 0. The van der Waals surface area contributed by atoms with Gasteiger partial charge in [-0.2, -0.15) is 0 Å². The first-order chi connectivity index (χ1) is 19.0. The summed E-state index contributed by atoms with van der Waals surface area (Å²) in [5.41, 5.74) is 5.60. The predicted octanol–water partition coefficient (Wildman–Crippen LogP) is 4.62. The molecule has 0 radical (unpaired) electrons. The lowest BCUT2D eigenvalue weighted by Crippen LogP contribution is -2.41. The van der Waals surface area contributed by atoms with Gasteiger partial charge in [0.2, 0.25) is 23.6 Å². The van der Waals surface area contributed by atoms with Crippen molar-refractivity contribution in [2.75, 3.05) is 9.80 Å². The van der Waals surface area contributed by atoms with Gasteiger partial charge in [-0.15, -0.1) is 0 Å². The molecule has 6 atom stereocenters. The summed E-state index contributed by atoms with van der Waals surface area (Å²) in [5.74, 6) is -1.41. The van der Waals surface area contributed by atoms with Crippen LogP contribution in [0.3, 0.4) is 0 Å². The average Bonchev–Trinajstić information content (AvgIpc) is 3.71. The maximum absolute atomic E-state index is 14.0. The summed E-state index contributed by atoms with van der Waals surface area (Å²) in [5, 5.41) is 0. The van der Waals surface area contributed by atoms with Gasteiger partial charge in [0.1, 0.15) is 0 Å². The van der Waals surface area contributed by atoms with Crippen molar-refractivity contribution in [1.82, 2.24) is 0 Å². The fourth-order valence-corrected chi connectivity index (χ4v) is 9.35.